The molecule has 0 saturated heterocycles. The second-order valence-electron chi connectivity index (χ2n) is 7.09. The van der Waals surface area contributed by atoms with Crippen molar-refractivity contribution in [3.05, 3.63) is 65.9 Å². The highest BCUT2D eigenvalue weighted by Crippen LogP contribution is 2.30. The molecule has 0 spiro atoms. The number of nitrogens with one attached hydrogen (secondary N) is 1. The second kappa shape index (κ2) is 9.28. The first-order chi connectivity index (χ1) is 14.0. The lowest BCUT2D eigenvalue weighted by atomic mass is 10.0. The Morgan fingerprint density at radius 1 is 1.14 bits per heavy atom. The van der Waals surface area contributed by atoms with Crippen LogP contribution in [0, 0.1) is 0 Å². The Morgan fingerprint density at radius 2 is 1.86 bits per heavy atom. The third-order valence-corrected chi connectivity index (χ3v) is 4.64. The van der Waals surface area contributed by atoms with Crippen LogP contribution in [-0.2, 0) is 7.05 Å². The zero-order valence-corrected chi connectivity index (χ0v) is 17.3. The number of aryl methyl sites for hydroxylation is 1. The number of hydrogen-bond acceptors (Lipinski definition) is 4. The van der Waals surface area contributed by atoms with E-state index in [0.717, 1.165) is 11.3 Å². The zero-order chi connectivity index (χ0) is 20.8. The van der Waals surface area contributed by atoms with E-state index < -0.39 is 0 Å². The molecule has 6 heteroatoms. The van der Waals surface area contributed by atoms with Gasteiger partial charge in [-0.1, -0.05) is 38.1 Å². The molecule has 0 aliphatic heterocycles. The maximum atomic E-state index is 12.7. The van der Waals surface area contributed by atoms with Gasteiger partial charge in [-0.2, -0.15) is 5.10 Å². The van der Waals surface area contributed by atoms with E-state index in [1.807, 2.05) is 36.4 Å². The van der Waals surface area contributed by atoms with Gasteiger partial charge in [0, 0.05) is 18.8 Å². The third-order valence-electron chi connectivity index (χ3n) is 4.64. The molecule has 1 N–H and O–H groups in total. The first-order valence-electron chi connectivity index (χ1n) is 9.67. The monoisotopic (exact) mass is 393 g/mol. The SMILES string of the molecule is COc1ccccc1-c1nn(C)cc1C(=O)NCCOc1ccc(C(C)C)cc1. The number of carbonyl (C=O) groups excluding carboxylic acids is 1. The van der Waals surface area contributed by atoms with E-state index in [-0.39, 0.29) is 5.91 Å². The highest BCUT2D eigenvalue weighted by molar-refractivity contribution is 6.00. The van der Waals surface area contributed by atoms with Crippen molar-refractivity contribution in [2.24, 2.45) is 7.05 Å². The summed E-state index contributed by atoms with van der Waals surface area (Å²) in [6.45, 7) is 5.09. The van der Waals surface area contributed by atoms with E-state index in [4.69, 9.17) is 9.47 Å². The van der Waals surface area contributed by atoms with Gasteiger partial charge in [0.15, 0.2) is 0 Å². The summed E-state index contributed by atoms with van der Waals surface area (Å²) in [6, 6.07) is 15.6. The molecule has 1 amide bonds. The number of nitrogens with zero attached hydrogens (tertiary/aromatic N) is 2. The highest BCUT2D eigenvalue weighted by Gasteiger charge is 2.19. The van der Waals surface area contributed by atoms with Gasteiger partial charge in [0.2, 0.25) is 0 Å². The maximum Gasteiger partial charge on any atom is 0.255 e. The molecule has 0 unspecified atom stereocenters. The fourth-order valence-electron chi connectivity index (χ4n) is 3.07. The summed E-state index contributed by atoms with van der Waals surface area (Å²) < 4.78 is 12.8. The number of amides is 1. The summed E-state index contributed by atoms with van der Waals surface area (Å²) in [5.41, 5.74) is 3.14. The molecule has 0 saturated carbocycles. The van der Waals surface area contributed by atoms with Gasteiger partial charge >= 0.3 is 0 Å². The molecule has 152 valence electrons. The molecular formula is C23H27N3O3. The summed E-state index contributed by atoms with van der Waals surface area (Å²) in [4.78, 5) is 12.7. The van der Waals surface area contributed by atoms with E-state index in [1.54, 1.807) is 25.0 Å². The number of hydrogen-bond donors (Lipinski definition) is 1. The van der Waals surface area contributed by atoms with Crippen LogP contribution >= 0.6 is 0 Å². The molecular weight excluding hydrogens is 366 g/mol. The lowest BCUT2D eigenvalue weighted by Gasteiger charge is -2.10. The third kappa shape index (κ3) is 4.96. The van der Waals surface area contributed by atoms with Crippen molar-refractivity contribution in [1.82, 2.24) is 15.1 Å². The molecule has 3 aromatic rings. The largest absolute Gasteiger partial charge is 0.496 e. The van der Waals surface area contributed by atoms with Crippen LogP contribution in [0.25, 0.3) is 11.3 Å². The molecule has 0 aliphatic carbocycles. The molecule has 0 aliphatic rings. The first-order valence-corrected chi connectivity index (χ1v) is 9.67. The molecule has 1 heterocycles. The fourth-order valence-corrected chi connectivity index (χ4v) is 3.07. The van der Waals surface area contributed by atoms with E-state index in [0.29, 0.717) is 36.1 Å². The van der Waals surface area contributed by atoms with Crippen LogP contribution in [-0.4, -0.2) is 35.9 Å². The van der Waals surface area contributed by atoms with Gasteiger partial charge in [0.1, 0.15) is 23.8 Å². The van der Waals surface area contributed by atoms with Crippen LogP contribution in [0.5, 0.6) is 11.5 Å². The number of benzene rings is 2. The highest BCUT2D eigenvalue weighted by atomic mass is 16.5. The molecule has 0 atom stereocenters. The minimum Gasteiger partial charge on any atom is -0.496 e. The normalized spacial score (nSPS) is 10.8. The van der Waals surface area contributed by atoms with Gasteiger partial charge in [-0.25, -0.2) is 0 Å². The molecule has 3 rings (SSSR count). The molecule has 6 nitrogen and oxygen atoms in total. The predicted octanol–water partition coefficient (Wildman–Crippen LogP) is 4.03. The Balaban J connectivity index is 1.61. The minimum absolute atomic E-state index is 0.197. The molecule has 0 fully saturated rings. The molecule has 1 aromatic heterocycles. The number of methoxy groups -OCH3 is 1. The molecule has 29 heavy (non-hydrogen) atoms. The standard InChI is InChI=1S/C23H27N3O3/c1-16(2)17-9-11-18(12-10-17)29-14-13-24-23(27)20-15-26(3)25-22(20)19-7-5-6-8-21(19)28-4/h5-12,15-16H,13-14H2,1-4H3,(H,24,27). The van der Waals surface area contributed by atoms with Crippen LogP contribution in [0.1, 0.15) is 35.7 Å². The van der Waals surface area contributed by atoms with Gasteiger partial charge < -0.3 is 14.8 Å². The van der Waals surface area contributed by atoms with Gasteiger partial charge in [-0.15, -0.1) is 0 Å². The summed E-state index contributed by atoms with van der Waals surface area (Å²) in [5.74, 6) is 1.76. The quantitative estimate of drug-likeness (QED) is 0.587. The van der Waals surface area contributed by atoms with E-state index in [2.05, 4.69) is 36.4 Å². The summed E-state index contributed by atoms with van der Waals surface area (Å²) in [5, 5.41) is 7.36. The van der Waals surface area contributed by atoms with Gasteiger partial charge in [0.25, 0.3) is 5.91 Å². The lowest BCUT2D eigenvalue weighted by Crippen LogP contribution is -2.28. The lowest BCUT2D eigenvalue weighted by molar-refractivity contribution is 0.0947. The Kier molecular flexibility index (Phi) is 6.54. The maximum absolute atomic E-state index is 12.7. The Hall–Kier alpha value is -3.28. The van der Waals surface area contributed by atoms with Crippen molar-refractivity contribution in [1.29, 1.82) is 0 Å². The predicted molar refractivity (Wildman–Crippen MR) is 114 cm³/mol. The number of para-hydroxylation sites is 1. The van der Waals surface area contributed by atoms with Gasteiger partial charge in [0.05, 0.1) is 19.2 Å². The van der Waals surface area contributed by atoms with Crippen LogP contribution in [0.4, 0.5) is 0 Å². The zero-order valence-electron chi connectivity index (χ0n) is 17.3. The van der Waals surface area contributed by atoms with Crippen LogP contribution in [0.15, 0.2) is 54.7 Å². The van der Waals surface area contributed by atoms with Gasteiger partial charge in [-0.05, 0) is 35.7 Å². The van der Waals surface area contributed by atoms with Crippen LogP contribution in [0.2, 0.25) is 0 Å². The number of ether oxygens (including phenoxy) is 2. The van der Waals surface area contributed by atoms with Crippen LogP contribution < -0.4 is 14.8 Å². The molecule has 0 radical (unpaired) electrons. The van der Waals surface area contributed by atoms with Crippen molar-refractivity contribution in [2.45, 2.75) is 19.8 Å². The average molecular weight is 393 g/mol. The number of aromatic nitrogens is 2. The minimum atomic E-state index is -0.197. The van der Waals surface area contributed by atoms with E-state index >= 15 is 0 Å². The van der Waals surface area contributed by atoms with Crippen molar-refractivity contribution < 1.29 is 14.3 Å². The molecule has 2 aromatic carbocycles. The van der Waals surface area contributed by atoms with E-state index in [9.17, 15) is 4.79 Å². The van der Waals surface area contributed by atoms with Crippen molar-refractivity contribution >= 4 is 5.91 Å². The Bertz CT molecular complexity index is 962. The summed E-state index contributed by atoms with van der Waals surface area (Å²) in [7, 11) is 3.40. The summed E-state index contributed by atoms with van der Waals surface area (Å²) in [6.07, 6.45) is 1.71. The van der Waals surface area contributed by atoms with Crippen LogP contribution in [0.3, 0.4) is 0 Å². The topological polar surface area (TPSA) is 65.4 Å². The number of rotatable bonds is 8. The van der Waals surface area contributed by atoms with Gasteiger partial charge in [-0.3, -0.25) is 9.48 Å². The first kappa shape index (κ1) is 20.5. The fraction of sp³-hybridized carbons (Fsp3) is 0.304. The molecule has 0 bridgehead atoms. The second-order valence-corrected chi connectivity index (χ2v) is 7.09. The van der Waals surface area contributed by atoms with Crippen molar-refractivity contribution in [3.63, 3.8) is 0 Å². The number of carbonyl (C=O) groups is 1. The van der Waals surface area contributed by atoms with E-state index in [1.165, 1.54) is 5.56 Å². The Morgan fingerprint density at radius 3 is 2.55 bits per heavy atom. The van der Waals surface area contributed by atoms with Crippen molar-refractivity contribution in [2.75, 3.05) is 20.3 Å². The van der Waals surface area contributed by atoms with Crippen molar-refractivity contribution in [3.8, 4) is 22.8 Å². The smallest absolute Gasteiger partial charge is 0.255 e. The average Bonchev–Trinajstić information content (AvgIpc) is 3.13. The Labute approximate surface area is 171 Å². The summed E-state index contributed by atoms with van der Waals surface area (Å²) >= 11 is 0.